The van der Waals surface area contributed by atoms with Gasteiger partial charge in [-0.3, -0.25) is 4.79 Å². The van der Waals surface area contributed by atoms with Crippen molar-refractivity contribution in [1.29, 1.82) is 0 Å². The van der Waals surface area contributed by atoms with E-state index in [1.54, 1.807) is 24.3 Å². The largest absolute Gasteiger partial charge is 0.462 e. The minimum Gasteiger partial charge on any atom is -0.462 e. The second kappa shape index (κ2) is 9.96. The van der Waals surface area contributed by atoms with Crippen molar-refractivity contribution in [2.24, 2.45) is 5.92 Å². The lowest BCUT2D eigenvalue weighted by molar-refractivity contribution is -0.113. The second-order valence-electron chi connectivity index (χ2n) is 6.43. The molecule has 0 spiro atoms. The minimum absolute atomic E-state index is 0.152. The number of nitrogens with two attached hydrogens (primary N) is 1. The Labute approximate surface area is 162 Å². The molecule has 0 unspecified atom stereocenters. The van der Waals surface area contributed by atoms with Gasteiger partial charge < -0.3 is 15.9 Å². The van der Waals surface area contributed by atoms with Crippen LogP contribution in [0.3, 0.4) is 0 Å². The molecule has 0 saturated heterocycles. The number of nitrogens with zero attached hydrogens (tertiary/aromatic N) is 3. The first-order chi connectivity index (χ1) is 12.9. The number of hydrogen-bond acceptors (Lipinski definition) is 7. The Kier molecular flexibility index (Phi) is 7.66. The van der Waals surface area contributed by atoms with E-state index in [1.165, 1.54) is 16.4 Å². The van der Waals surface area contributed by atoms with Crippen molar-refractivity contribution in [2.45, 2.75) is 38.8 Å². The summed E-state index contributed by atoms with van der Waals surface area (Å²) in [5, 5.41) is 11.3. The van der Waals surface area contributed by atoms with Crippen LogP contribution in [0.2, 0.25) is 0 Å². The molecule has 1 aromatic carbocycles. The minimum atomic E-state index is -0.373. The summed E-state index contributed by atoms with van der Waals surface area (Å²) in [5.74, 6) is 6.47. The zero-order chi connectivity index (χ0) is 19.8. The molecule has 0 aliphatic carbocycles. The van der Waals surface area contributed by atoms with Crippen molar-refractivity contribution in [2.75, 3.05) is 23.5 Å². The normalized spacial score (nSPS) is 10.8. The molecule has 1 heterocycles. The lowest BCUT2D eigenvalue weighted by Gasteiger charge is -2.08. The Balaban J connectivity index is 1.84. The fourth-order valence-corrected chi connectivity index (χ4v) is 2.82. The molecular weight excluding hydrogens is 366 g/mol. The van der Waals surface area contributed by atoms with Gasteiger partial charge in [0.05, 0.1) is 17.9 Å². The lowest BCUT2D eigenvalue weighted by Crippen LogP contribution is -2.17. The van der Waals surface area contributed by atoms with Crippen LogP contribution in [0.5, 0.6) is 0 Å². The van der Waals surface area contributed by atoms with Gasteiger partial charge in [0.25, 0.3) is 0 Å². The summed E-state index contributed by atoms with van der Waals surface area (Å²) in [6.07, 6.45) is 1.66. The Bertz CT molecular complexity index is 774. The maximum atomic E-state index is 12.1. The molecule has 0 bridgehead atoms. The molecule has 0 saturated carbocycles. The summed E-state index contributed by atoms with van der Waals surface area (Å²) in [5.41, 5.74) is 1.05. The Morgan fingerprint density at radius 3 is 2.59 bits per heavy atom. The number of benzene rings is 1. The number of carbonyl (C=O) groups is 2. The molecule has 0 atom stereocenters. The van der Waals surface area contributed by atoms with Gasteiger partial charge in [-0.1, -0.05) is 32.5 Å². The summed E-state index contributed by atoms with van der Waals surface area (Å²) in [6, 6.07) is 6.58. The van der Waals surface area contributed by atoms with Gasteiger partial charge in [-0.25, -0.2) is 9.47 Å². The van der Waals surface area contributed by atoms with E-state index in [9.17, 15) is 9.59 Å². The Hall–Kier alpha value is -2.55. The van der Waals surface area contributed by atoms with Crippen LogP contribution in [0, 0.1) is 5.92 Å². The molecule has 9 heteroatoms. The van der Waals surface area contributed by atoms with E-state index in [0.29, 0.717) is 28.8 Å². The maximum absolute atomic E-state index is 12.1. The first-order valence-corrected chi connectivity index (χ1v) is 9.78. The molecule has 8 nitrogen and oxygen atoms in total. The average molecular weight is 391 g/mol. The van der Waals surface area contributed by atoms with Gasteiger partial charge in [0, 0.05) is 12.1 Å². The zero-order valence-electron chi connectivity index (χ0n) is 15.8. The molecule has 0 radical (unpaired) electrons. The van der Waals surface area contributed by atoms with E-state index < -0.39 is 0 Å². The third-order valence-corrected chi connectivity index (χ3v) is 4.44. The first-order valence-electron chi connectivity index (χ1n) is 8.80. The van der Waals surface area contributed by atoms with Gasteiger partial charge in [-0.05, 0) is 36.6 Å². The molecule has 2 aromatic rings. The van der Waals surface area contributed by atoms with E-state index >= 15 is 0 Å². The SMILES string of the molecule is CCCc1nnc(SCC(=O)Nc2ccc(C(=O)OCC(C)C)cc2)n1N. The zero-order valence-corrected chi connectivity index (χ0v) is 16.6. The predicted molar refractivity (Wildman–Crippen MR) is 105 cm³/mol. The van der Waals surface area contributed by atoms with Gasteiger partial charge in [-0.2, -0.15) is 0 Å². The van der Waals surface area contributed by atoms with Gasteiger partial charge in [0.1, 0.15) is 0 Å². The van der Waals surface area contributed by atoms with Gasteiger partial charge in [0.15, 0.2) is 5.82 Å². The van der Waals surface area contributed by atoms with Crippen molar-refractivity contribution in [3.63, 3.8) is 0 Å². The standard InChI is InChI=1S/C18H25N5O3S/c1-4-5-15-21-22-18(23(15)19)27-11-16(24)20-14-8-6-13(7-9-14)17(25)26-10-12(2)3/h6-9,12H,4-5,10-11,19H2,1-3H3,(H,20,24). The third kappa shape index (κ3) is 6.28. The molecule has 0 aliphatic heterocycles. The van der Waals surface area contributed by atoms with Crippen LogP contribution < -0.4 is 11.2 Å². The highest BCUT2D eigenvalue weighted by Crippen LogP contribution is 2.16. The number of thioether (sulfide) groups is 1. The second-order valence-corrected chi connectivity index (χ2v) is 7.37. The Morgan fingerprint density at radius 1 is 1.26 bits per heavy atom. The van der Waals surface area contributed by atoms with E-state index in [0.717, 1.165) is 12.8 Å². The maximum Gasteiger partial charge on any atom is 0.338 e. The molecule has 1 amide bonds. The quantitative estimate of drug-likeness (QED) is 0.384. The van der Waals surface area contributed by atoms with E-state index in [2.05, 4.69) is 15.5 Å². The smallest absolute Gasteiger partial charge is 0.338 e. The predicted octanol–water partition coefficient (Wildman–Crippen LogP) is 2.49. The fourth-order valence-electron chi connectivity index (χ4n) is 2.14. The van der Waals surface area contributed by atoms with Crippen LogP contribution in [0.25, 0.3) is 0 Å². The first kappa shape index (κ1) is 20.8. The summed E-state index contributed by atoms with van der Waals surface area (Å²) in [6.45, 7) is 6.36. The van der Waals surface area contributed by atoms with Gasteiger partial charge in [0.2, 0.25) is 11.1 Å². The van der Waals surface area contributed by atoms with Gasteiger partial charge >= 0.3 is 5.97 Å². The van der Waals surface area contributed by atoms with Crippen molar-refractivity contribution >= 4 is 29.3 Å². The van der Waals surface area contributed by atoms with Crippen molar-refractivity contribution < 1.29 is 14.3 Å². The van der Waals surface area contributed by atoms with Crippen LogP contribution in [-0.4, -0.2) is 39.1 Å². The number of ether oxygens (including phenoxy) is 1. The number of rotatable bonds is 9. The van der Waals surface area contributed by atoms with Gasteiger partial charge in [-0.15, -0.1) is 10.2 Å². The van der Waals surface area contributed by atoms with E-state index in [4.69, 9.17) is 10.6 Å². The number of aromatic nitrogens is 3. The molecule has 0 fully saturated rings. The highest BCUT2D eigenvalue weighted by molar-refractivity contribution is 7.99. The molecule has 146 valence electrons. The van der Waals surface area contributed by atoms with E-state index in [-0.39, 0.29) is 23.5 Å². The number of aryl methyl sites for hydroxylation is 1. The highest BCUT2D eigenvalue weighted by Gasteiger charge is 2.12. The monoisotopic (exact) mass is 391 g/mol. The number of amides is 1. The number of hydrogen-bond donors (Lipinski definition) is 2. The molecular formula is C18H25N5O3S. The van der Waals surface area contributed by atoms with E-state index in [1.807, 2.05) is 20.8 Å². The molecule has 1 aromatic heterocycles. The Morgan fingerprint density at radius 2 is 1.96 bits per heavy atom. The number of nitrogen functional groups attached to an aromatic ring is 1. The summed E-state index contributed by atoms with van der Waals surface area (Å²) in [7, 11) is 0. The van der Waals surface area contributed by atoms with Crippen LogP contribution in [0.15, 0.2) is 29.4 Å². The highest BCUT2D eigenvalue weighted by atomic mass is 32.2. The molecule has 0 aliphatic rings. The van der Waals surface area contributed by atoms with Crippen molar-refractivity contribution in [3.05, 3.63) is 35.7 Å². The number of carbonyl (C=O) groups excluding carboxylic acids is 2. The molecule has 3 N–H and O–H groups in total. The summed E-state index contributed by atoms with van der Waals surface area (Å²) in [4.78, 5) is 24.0. The topological polar surface area (TPSA) is 112 Å². The third-order valence-electron chi connectivity index (χ3n) is 3.49. The summed E-state index contributed by atoms with van der Waals surface area (Å²) >= 11 is 1.22. The van der Waals surface area contributed by atoms with Crippen LogP contribution in [0.1, 0.15) is 43.4 Å². The molecule has 27 heavy (non-hydrogen) atoms. The fraction of sp³-hybridized carbons (Fsp3) is 0.444. The van der Waals surface area contributed by atoms with Crippen LogP contribution in [-0.2, 0) is 16.0 Å². The van der Waals surface area contributed by atoms with Crippen LogP contribution in [0.4, 0.5) is 5.69 Å². The van der Waals surface area contributed by atoms with Crippen molar-refractivity contribution in [3.8, 4) is 0 Å². The number of esters is 1. The summed E-state index contributed by atoms with van der Waals surface area (Å²) < 4.78 is 6.59. The molecule has 2 rings (SSSR count). The average Bonchev–Trinajstić information content (AvgIpc) is 2.99. The number of anilines is 1. The van der Waals surface area contributed by atoms with Crippen molar-refractivity contribution in [1.82, 2.24) is 14.9 Å². The number of nitrogens with one attached hydrogen (secondary N) is 1. The lowest BCUT2D eigenvalue weighted by atomic mass is 10.2. The van der Waals surface area contributed by atoms with Crippen LogP contribution >= 0.6 is 11.8 Å².